The lowest BCUT2D eigenvalue weighted by molar-refractivity contribution is 0.305. The van der Waals surface area contributed by atoms with Gasteiger partial charge in [-0.25, -0.2) is 0 Å². The predicted molar refractivity (Wildman–Crippen MR) is 82.3 cm³/mol. The Morgan fingerprint density at radius 3 is 2.40 bits per heavy atom. The molecule has 0 amide bonds. The molecule has 20 heavy (non-hydrogen) atoms. The second-order valence-corrected chi connectivity index (χ2v) is 4.84. The highest BCUT2D eigenvalue weighted by molar-refractivity contribution is 5.95. The summed E-state index contributed by atoms with van der Waals surface area (Å²) in [5.74, 6) is 0.966. The maximum absolute atomic E-state index is 7.42. The zero-order chi connectivity index (χ0) is 14.5. The van der Waals surface area contributed by atoms with E-state index in [0.717, 1.165) is 28.9 Å². The summed E-state index contributed by atoms with van der Waals surface area (Å²) in [4.78, 5) is 0. The maximum Gasteiger partial charge on any atom is 0.122 e. The highest BCUT2D eigenvalue weighted by Crippen LogP contribution is 2.17. The largest absolute Gasteiger partial charge is 0.489 e. The van der Waals surface area contributed by atoms with Crippen LogP contribution in [0.1, 0.15) is 29.2 Å². The van der Waals surface area contributed by atoms with E-state index in [9.17, 15) is 0 Å². The van der Waals surface area contributed by atoms with Crippen molar-refractivity contribution >= 4 is 5.84 Å². The van der Waals surface area contributed by atoms with Crippen LogP contribution in [0.25, 0.3) is 0 Å². The van der Waals surface area contributed by atoms with Gasteiger partial charge in [-0.05, 0) is 48.2 Å². The molecule has 0 aromatic heterocycles. The summed E-state index contributed by atoms with van der Waals surface area (Å²) >= 11 is 0. The first-order valence-corrected chi connectivity index (χ1v) is 6.76. The van der Waals surface area contributed by atoms with Crippen LogP contribution >= 0.6 is 0 Å². The second kappa shape index (κ2) is 6.24. The number of benzene rings is 2. The average molecular weight is 268 g/mol. The van der Waals surface area contributed by atoms with Crippen LogP contribution in [0.3, 0.4) is 0 Å². The Balaban J connectivity index is 2.04. The normalized spacial score (nSPS) is 10.3. The van der Waals surface area contributed by atoms with Gasteiger partial charge in [0.15, 0.2) is 0 Å². The van der Waals surface area contributed by atoms with Crippen LogP contribution in [0.5, 0.6) is 5.75 Å². The van der Waals surface area contributed by atoms with Crippen molar-refractivity contribution < 1.29 is 4.74 Å². The molecule has 0 radical (unpaired) electrons. The minimum atomic E-state index is 0.0933. The lowest BCUT2D eigenvalue weighted by atomic mass is 10.1. The van der Waals surface area contributed by atoms with Gasteiger partial charge in [0, 0.05) is 5.56 Å². The first kappa shape index (κ1) is 14.1. The Hall–Kier alpha value is -2.29. The molecule has 0 bridgehead atoms. The fraction of sp³-hybridized carbons (Fsp3) is 0.235. The third kappa shape index (κ3) is 3.38. The molecule has 0 saturated heterocycles. The summed E-state index contributed by atoms with van der Waals surface area (Å²) in [6.07, 6.45) is 1.03. The van der Waals surface area contributed by atoms with E-state index < -0.39 is 0 Å². The van der Waals surface area contributed by atoms with Gasteiger partial charge in [-0.1, -0.05) is 31.2 Å². The van der Waals surface area contributed by atoms with Gasteiger partial charge in [0.25, 0.3) is 0 Å². The number of nitrogens with two attached hydrogens (primary N) is 1. The number of rotatable bonds is 5. The van der Waals surface area contributed by atoms with Crippen molar-refractivity contribution in [2.45, 2.75) is 26.9 Å². The molecule has 0 aliphatic rings. The molecule has 0 unspecified atom stereocenters. The van der Waals surface area contributed by atoms with Crippen LogP contribution in [-0.2, 0) is 13.0 Å². The van der Waals surface area contributed by atoms with Gasteiger partial charge in [0.05, 0.1) is 0 Å². The van der Waals surface area contributed by atoms with Crippen LogP contribution < -0.4 is 10.5 Å². The molecule has 3 N–H and O–H groups in total. The van der Waals surface area contributed by atoms with Crippen molar-refractivity contribution in [3.8, 4) is 5.75 Å². The van der Waals surface area contributed by atoms with Gasteiger partial charge < -0.3 is 10.5 Å². The molecule has 0 heterocycles. The van der Waals surface area contributed by atoms with E-state index in [0.29, 0.717) is 6.61 Å². The molecule has 0 aliphatic heterocycles. The SMILES string of the molecule is CCc1ccc(OCc2ccc(C(=N)N)cc2C)cc1. The molecule has 104 valence electrons. The minimum absolute atomic E-state index is 0.0933. The number of nitrogen functional groups attached to an aromatic ring is 1. The Labute approximate surface area is 119 Å². The lowest BCUT2D eigenvalue weighted by Gasteiger charge is -2.10. The van der Waals surface area contributed by atoms with E-state index in [1.807, 2.05) is 37.3 Å². The third-order valence-corrected chi connectivity index (χ3v) is 3.38. The van der Waals surface area contributed by atoms with Crippen LogP contribution in [0.15, 0.2) is 42.5 Å². The fourth-order valence-electron chi connectivity index (χ4n) is 2.01. The summed E-state index contributed by atoms with van der Waals surface area (Å²) < 4.78 is 5.79. The van der Waals surface area contributed by atoms with E-state index in [4.69, 9.17) is 15.9 Å². The Morgan fingerprint density at radius 2 is 1.85 bits per heavy atom. The topological polar surface area (TPSA) is 59.1 Å². The number of hydrogen-bond acceptors (Lipinski definition) is 2. The number of ether oxygens (including phenoxy) is 1. The van der Waals surface area contributed by atoms with Gasteiger partial charge >= 0.3 is 0 Å². The zero-order valence-corrected chi connectivity index (χ0v) is 11.9. The van der Waals surface area contributed by atoms with Crippen molar-refractivity contribution in [2.75, 3.05) is 0 Å². The Morgan fingerprint density at radius 1 is 1.15 bits per heavy atom. The van der Waals surface area contributed by atoms with Crippen molar-refractivity contribution in [3.63, 3.8) is 0 Å². The number of hydrogen-bond donors (Lipinski definition) is 2. The standard InChI is InChI=1S/C17H20N2O/c1-3-13-4-8-16(9-5-13)20-11-15-7-6-14(17(18)19)10-12(15)2/h4-10H,3,11H2,1-2H3,(H3,18,19). The number of aryl methyl sites for hydroxylation is 2. The molecular formula is C17H20N2O. The highest BCUT2D eigenvalue weighted by Gasteiger charge is 2.03. The van der Waals surface area contributed by atoms with Crippen LogP contribution in [0.2, 0.25) is 0 Å². The lowest BCUT2D eigenvalue weighted by Crippen LogP contribution is -2.11. The molecule has 2 aromatic carbocycles. The average Bonchev–Trinajstić information content (AvgIpc) is 2.46. The van der Waals surface area contributed by atoms with E-state index in [1.54, 1.807) is 0 Å². The van der Waals surface area contributed by atoms with E-state index in [2.05, 4.69) is 19.1 Å². The zero-order valence-electron chi connectivity index (χ0n) is 11.9. The molecule has 0 spiro atoms. The van der Waals surface area contributed by atoms with Crippen LogP contribution in [0.4, 0.5) is 0 Å². The first-order chi connectivity index (χ1) is 9.60. The van der Waals surface area contributed by atoms with Crippen molar-refractivity contribution in [3.05, 3.63) is 64.7 Å². The summed E-state index contributed by atoms with van der Waals surface area (Å²) in [6, 6.07) is 13.9. The van der Waals surface area contributed by atoms with Gasteiger partial charge in [-0.15, -0.1) is 0 Å². The molecule has 2 rings (SSSR count). The number of amidine groups is 1. The molecular weight excluding hydrogens is 248 g/mol. The summed E-state index contributed by atoms with van der Waals surface area (Å²) in [5, 5.41) is 7.42. The van der Waals surface area contributed by atoms with Gasteiger partial charge in [-0.2, -0.15) is 0 Å². The molecule has 2 aromatic rings. The van der Waals surface area contributed by atoms with Crippen molar-refractivity contribution in [1.82, 2.24) is 0 Å². The van der Waals surface area contributed by atoms with E-state index in [1.165, 1.54) is 5.56 Å². The quantitative estimate of drug-likeness (QED) is 0.645. The summed E-state index contributed by atoms with van der Waals surface area (Å²) in [5.41, 5.74) is 9.72. The van der Waals surface area contributed by atoms with Crippen LogP contribution in [-0.4, -0.2) is 5.84 Å². The Bertz CT molecular complexity index is 603. The van der Waals surface area contributed by atoms with Crippen molar-refractivity contribution in [2.24, 2.45) is 5.73 Å². The molecule has 3 heteroatoms. The fourth-order valence-corrected chi connectivity index (χ4v) is 2.01. The summed E-state index contributed by atoms with van der Waals surface area (Å²) in [7, 11) is 0. The second-order valence-electron chi connectivity index (χ2n) is 4.84. The van der Waals surface area contributed by atoms with Crippen LogP contribution in [0, 0.1) is 12.3 Å². The maximum atomic E-state index is 7.42. The summed E-state index contributed by atoms with van der Waals surface area (Å²) in [6.45, 7) is 4.66. The smallest absolute Gasteiger partial charge is 0.122 e. The van der Waals surface area contributed by atoms with E-state index in [-0.39, 0.29) is 5.84 Å². The first-order valence-electron chi connectivity index (χ1n) is 6.76. The highest BCUT2D eigenvalue weighted by atomic mass is 16.5. The minimum Gasteiger partial charge on any atom is -0.489 e. The molecule has 3 nitrogen and oxygen atoms in total. The molecule has 0 fully saturated rings. The van der Waals surface area contributed by atoms with Gasteiger partial charge in [0.1, 0.15) is 18.2 Å². The monoisotopic (exact) mass is 268 g/mol. The van der Waals surface area contributed by atoms with Gasteiger partial charge in [-0.3, -0.25) is 5.41 Å². The number of nitrogens with one attached hydrogen (secondary N) is 1. The van der Waals surface area contributed by atoms with Gasteiger partial charge in [0.2, 0.25) is 0 Å². The molecule has 0 atom stereocenters. The Kier molecular flexibility index (Phi) is 4.41. The van der Waals surface area contributed by atoms with E-state index >= 15 is 0 Å². The molecule has 0 aliphatic carbocycles. The third-order valence-electron chi connectivity index (χ3n) is 3.38. The predicted octanol–water partition coefficient (Wildman–Crippen LogP) is 3.42. The molecule has 0 saturated carbocycles. The van der Waals surface area contributed by atoms with Crippen molar-refractivity contribution in [1.29, 1.82) is 5.41 Å².